The SMILES string of the molecule is CCOC(=O)CC1(CC(=O)Cl)CC1. The summed E-state index contributed by atoms with van der Waals surface area (Å²) in [6.07, 6.45) is 2.45. The number of hydrogen-bond acceptors (Lipinski definition) is 3. The molecule has 1 aliphatic rings. The van der Waals surface area contributed by atoms with Crippen LogP contribution in [0.5, 0.6) is 0 Å². The Morgan fingerprint density at radius 3 is 2.38 bits per heavy atom. The average Bonchev–Trinajstić information content (AvgIpc) is 2.67. The van der Waals surface area contributed by atoms with E-state index in [2.05, 4.69) is 0 Å². The molecule has 3 nitrogen and oxygen atoms in total. The van der Waals surface area contributed by atoms with Gasteiger partial charge in [-0.05, 0) is 36.8 Å². The molecule has 0 unspecified atom stereocenters. The van der Waals surface area contributed by atoms with Gasteiger partial charge in [0.2, 0.25) is 5.24 Å². The lowest BCUT2D eigenvalue weighted by Crippen LogP contribution is -2.14. The highest BCUT2D eigenvalue weighted by Gasteiger charge is 2.45. The molecule has 13 heavy (non-hydrogen) atoms. The second-order valence-corrected chi connectivity index (χ2v) is 3.94. The molecule has 0 saturated heterocycles. The molecule has 4 heteroatoms. The van der Waals surface area contributed by atoms with Crippen molar-refractivity contribution in [1.29, 1.82) is 0 Å². The van der Waals surface area contributed by atoms with Gasteiger partial charge in [0, 0.05) is 6.42 Å². The molecule has 0 N–H and O–H groups in total. The monoisotopic (exact) mass is 204 g/mol. The molecule has 0 atom stereocenters. The molecule has 0 bridgehead atoms. The lowest BCUT2D eigenvalue weighted by molar-refractivity contribution is -0.144. The molecule has 74 valence electrons. The Morgan fingerprint density at radius 2 is 2.00 bits per heavy atom. The summed E-state index contributed by atoms with van der Waals surface area (Å²) in [6, 6.07) is 0. The predicted molar refractivity (Wildman–Crippen MR) is 48.4 cm³/mol. The third-order valence-electron chi connectivity index (χ3n) is 2.30. The lowest BCUT2D eigenvalue weighted by atomic mass is 9.99. The zero-order valence-corrected chi connectivity index (χ0v) is 8.39. The molecular weight excluding hydrogens is 192 g/mol. The van der Waals surface area contributed by atoms with Crippen molar-refractivity contribution in [3.8, 4) is 0 Å². The van der Waals surface area contributed by atoms with E-state index in [-0.39, 0.29) is 16.6 Å². The fraction of sp³-hybridized carbons (Fsp3) is 0.778. The van der Waals surface area contributed by atoms with Crippen LogP contribution in [-0.4, -0.2) is 17.8 Å². The van der Waals surface area contributed by atoms with E-state index < -0.39 is 0 Å². The molecule has 0 heterocycles. The van der Waals surface area contributed by atoms with Crippen LogP contribution in [0.4, 0.5) is 0 Å². The minimum atomic E-state index is -0.359. The molecule has 0 aromatic carbocycles. The minimum absolute atomic E-state index is 0.162. The Kier molecular flexibility index (Phi) is 3.31. The molecule has 0 aliphatic heterocycles. The number of hydrogen-bond donors (Lipinski definition) is 0. The highest BCUT2D eigenvalue weighted by Crippen LogP contribution is 2.52. The van der Waals surface area contributed by atoms with Crippen LogP contribution in [0.2, 0.25) is 0 Å². The maximum absolute atomic E-state index is 11.1. The topological polar surface area (TPSA) is 43.4 Å². The van der Waals surface area contributed by atoms with E-state index in [1.165, 1.54) is 0 Å². The first-order chi connectivity index (χ1) is 6.08. The number of halogens is 1. The molecule has 1 saturated carbocycles. The summed E-state index contributed by atoms with van der Waals surface area (Å²) in [7, 11) is 0. The van der Waals surface area contributed by atoms with Gasteiger partial charge in [-0.15, -0.1) is 0 Å². The van der Waals surface area contributed by atoms with Gasteiger partial charge in [0.05, 0.1) is 13.0 Å². The fourth-order valence-electron chi connectivity index (χ4n) is 1.41. The van der Waals surface area contributed by atoms with E-state index in [1.807, 2.05) is 0 Å². The van der Waals surface area contributed by atoms with E-state index in [4.69, 9.17) is 16.3 Å². The predicted octanol–water partition coefficient (Wildman–Crippen LogP) is 1.88. The van der Waals surface area contributed by atoms with Crippen LogP contribution >= 0.6 is 11.6 Å². The van der Waals surface area contributed by atoms with Gasteiger partial charge in [0.1, 0.15) is 0 Å². The first kappa shape index (κ1) is 10.5. The van der Waals surface area contributed by atoms with Crippen molar-refractivity contribution < 1.29 is 14.3 Å². The van der Waals surface area contributed by atoms with E-state index in [9.17, 15) is 9.59 Å². The quantitative estimate of drug-likeness (QED) is 0.507. The van der Waals surface area contributed by atoms with Gasteiger partial charge in [-0.1, -0.05) is 0 Å². The molecule has 0 amide bonds. The number of esters is 1. The van der Waals surface area contributed by atoms with Gasteiger partial charge in [-0.25, -0.2) is 0 Å². The Morgan fingerprint density at radius 1 is 1.38 bits per heavy atom. The number of carbonyl (C=O) groups is 2. The standard InChI is InChI=1S/C9H13ClO3/c1-2-13-8(12)6-9(3-4-9)5-7(10)11/h2-6H2,1H3. The smallest absolute Gasteiger partial charge is 0.306 e. The lowest BCUT2D eigenvalue weighted by Gasteiger charge is -2.10. The Bertz CT molecular complexity index is 221. The summed E-state index contributed by atoms with van der Waals surface area (Å²) in [5.74, 6) is -0.224. The molecule has 1 fully saturated rings. The molecular formula is C9H13ClO3. The van der Waals surface area contributed by atoms with Crippen LogP contribution in [0.3, 0.4) is 0 Å². The van der Waals surface area contributed by atoms with Gasteiger partial charge < -0.3 is 4.74 Å². The third-order valence-corrected chi connectivity index (χ3v) is 2.43. The normalized spacial score (nSPS) is 18.0. The van der Waals surface area contributed by atoms with Gasteiger partial charge >= 0.3 is 5.97 Å². The summed E-state index contributed by atoms with van der Waals surface area (Å²) < 4.78 is 4.81. The maximum Gasteiger partial charge on any atom is 0.306 e. The average molecular weight is 205 g/mol. The summed E-state index contributed by atoms with van der Waals surface area (Å²) in [4.78, 5) is 21.8. The molecule has 0 spiro atoms. The van der Waals surface area contributed by atoms with Crippen LogP contribution in [0.25, 0.3) is 0 Å². The van der Waals surface area contributed by atoms with Crippen LogP contribution in [0, 0.1) is 5.41 Å². The number of carbonyl (C=O) groups excluding carboxylic acids is 2. The summed E-state index contributed by atoms with van der Waals surface area (Å²) in [6.45, 7) is 2.16. The molecule has 0 aromatic rings. The van der Waals surface area contributed by atoms with Crippen molar-refractivity contribution in [2.75, 3.05) is 6.61 Å². The Labute approximate surface area is 82.4 Å². The van der Waals surface area contributed by atoms with Crippen molar-refractivity contribution in [3.63, 3.8) is 0 Å². The van der Waals surface area contributed by atoms with Gasteiger partial charge in [-0.2, -0.15) is 0 Å². The first-order valence-corrected chi connectivity index (χ1v) is 4.80. The minimum Gasteiger partial charge on any atom is -0.466 e. The zero-order chi connectivity index (χ0) is 9.90. The third kappa shape index (κ3) is 3.35. The molecule has 0 aromatic heterocycles. The van der Waals surface area contributed by atoms with E-state index in [0.717, 1.165) is 12.8 Å². The van der Waals surface area contributed by atoms with Crippen molar-refractivity contribution in [3.05, 3.63) is 0 Å². The zero-order valence-electron chi connectivity index (χ0n) is 7.64. The van der Waals surface area contributed by atoms with Gasteiger partial charge in [-0.3, -0.25) is 9.59 Å². The van der Waals surface area contributed by atoms with Gasteiger partial charge in [0.15, 0.2) is 0 Å². The van der Waals surface area contributed by atoms with Gasteiger partial charge in [0.25, 0.3) is 0 Å². The number of ether oxygens (including phenoxy) is 1. The van der Waals surface area contributed by atoms with Crippen LogP contribution in [0.1, 0.15) is 32.6 Å². The Hall–Kier alpha value is -0.570. The van der Waals surface area contributed by atoms with E-state index in [1.54, 1.807) is 6.92 Å². The van der Waals surface area contributed by atoms with E-state index in [0.29, 0.717) is 19.4 Å². The van der Waals surface area contributed by atoms with Crippen LogP contribution in [-0.2, 0) is 14.3 Å². The highest BCUT2D eigenvalue weighted by molar-refractivity contribution is 6.63. The molecule has 0 radical (unpaired) electrons. The van der Waals surface area contributed by atoms with E-state index >= 15 is 0 Å². The maximum atomic E-state index is 11.1. The largest absolute Gasteiger partial charge is 0.466 e. The Balaban J connectivity index is 2.34. The summed E-state index contributed by atoms with van der Waals surface area (Å²) in [5.41, 5.74) is -0.162. The summed E-state index contributed by atoms with van der Waals surface area (Å²) in [5, 5.41) is -0.359. The fourth-order valence-corrected chi connectivity index (χ4v) is 1.69. The van der Waals surface area contributed by atoms with Crippen molar-refractivity contribution in [2.24, 2.45) is 5.41 Å². The van der Waals surface area contributed by atoms with Crippen LogP contribution in [0.15, 0.2) is 0 Å². The molecule has 1 rings (SSSR count). The second-order valence-electron chi connectivity index (χ2n) is 3.51. The van der Waals surface area contributed by atoms with Crippen molar-refractivity contribution in [2.45, 2.75) is 32.6 Å². The number of rotatable bonds is 5. The van der Waals surface area contributed by atoms with Crippen molar-refractivity contribution >= 4 is 22.8 Å². The molecule has 1 aliphatic carbocycles. The summed E-state index contributed by atoms with van der Waals surface area (Å²) >= 11 is 5.27. The van der Waals surface area contributed by atoms with Crippen molar-refractivity contribution in [1.82, 2.24) is 0 Å². The first-order valence-electron chi connectivity index (χ1n) is 4.42. The highest BCUT2D eigenvalue weighted by atomic mass is 35.5. The van der Waals surface area contributed by atoms with Crippen LogP contribution < -0.4 is 0 Å². The second kappa shape index (κ2) is 4.09.